The molecule has 0 unspecified atom stereocenters. The molecule has 1 aliphatic rings. The van der Waals surface area contributed by atoms with Crippen molar-refractivity contribution in [1.82, 2.24) is 4.37 Å². The minimum absolute atomic E-state index is 0. The Bertz CT molecular complexity index is 1540. The fourth-order valence-corrected chi connectivity index (χ4v) is 5.77. The van der Waals surface area contributed by atoms with Crippen LogP contribution in [0.4, 0.5) is 14.9 Å². The SMILES string of the molecule is Cc1nsc(-c2cc(Cl)c(-c3ccc(C4([C-]=O)CC4)cc3)cc2F)c1NC(=O)O[C@H](C)c1ccccc1Cl.[Na+].[OH-]. The molecule has 0 spiro atoms. The number of hydrogen-bond acceptors (Lipinski definition) is 6. The van der Waals surface area contributed by atoms with Crippen molar-refractivity contribution in [2.24, 2.45) is 0 Å². The second-order valence-electron chi connectivity index (χ2n) is 9.24. The zero-order chi connectivity index (χ0) is 27.0. The van der Waals surface area contributed by atoms with Crippen molar-refractivity contribution in [2.75, 3.05) is 5.32 Å². The number of aryl methyl sites for hydroxylation is 1. The van der Waals surface area contributed by atoms with Crippen LogP contribution in [-0.4, -0.2) is 22.2 Å². The number of anilines is 1. The predicted octanol–water partition coefficient (Wildman–Crippen LogP) is 5.51. The molecule has 1 aromatic heterocycles. The van der Waals surface area contributed by atoms with Crippen molar-refractivity contribution in [3.8, 4) is 21.6 Å². The molecule has 4 aromatic rings. The molecule has 11 heteroatoms. The summed E-state index contributed by atoms with van der Waals surface area (Å²) in [6, 6.07) is 17.4. The summed E-state index contributed by atoms with van der Waals surface area (Å²) in [5, 5.41) is 3.53. The Morgan fingerprint density at radius 3 is 2.40 bits per heavy atom. The van der Waals surface area contributed by atoms with Gasteiger partial charge in [0.2, 0.25) is 0 Å². The fraction of sp³-hybridized carbons (Fsp3) is 0.207. The Morgan fingerprint density at radius 2 is 1.77 bits per heavy atom. The first-order valence-corrected chi connectivity index (χ1v) is 13.4. The van der Waals surface area contributed by atoms with Crippen LogP contribution in [0, 0.1) is 12.7 Å². The van der Waals surface area contributed by atoms with Gasteiger partial charge < -0.3 is 15.0 Å². The van der Waals surface area contributed by atoms with Crippen LogP contribution in [0.1, 0.15) is 42.7 Å². The zero-order valence-electron chi connectivity index (χ0n) is 21.9. The van der Waals surface area contributed by atoms with Gasteiger partial charge in [0.15, 0.2) is 0 Å². The van der Waals surface area contributed by atoms with Gasteiger partial charge in [0.1, 0.15) is 11.9 Å². The Hall–Kier alpha value is -2.30. The number of benzene rings is 3. The van der Waals surface area contributed by atoms with Gasteiger partial charge in [-0.15, -0.1) is 5.41 Å². The molecule has 1 fully saturated rings. The van der Waals surface area contributed by atoms with Gasteiger partial charge in [0, 0.05) is 26.7 Å². The van der Waals surface area contributed by atoms with E-state index >= 15 is 4.39 Å². The first kappa shape index (κ1) is 32.2. The minimum atomic E-state index is -0.716. The smallest absolute Gasteiger partial charge is 0.870 e. The van der Waals surface area contributed by atoms with Crippen LogP contribution in [0.15, 0.2) is 60.7 Å². The van der Waals surface area contributed by atoms with Crippen molar-refractivity contribution in [2.45, 2.75) is 38.2 Å². The molecule has 1 atom stereocenters. The van der Waals surface area contributed by atoms with Crippen LogP contribution in [0.5, 0.6) is 0 Å². The van der Waals surface area contributed by atoms with Crippen LogP contribution >= 0.6 is 34.7 Å². The topological polar surface area (TPSA) is 98.3 Å². The average Bonchev–Trinajstić information content (AvgIpc) is 3.63. The summed E-state index contributed by atoms with van der Waals surface area (Å²) in [5.74, 6) is -0.516. The van der Waals surface area contributed by atoms with Gasteiger partial charge in [-0.05, 0) is 49.1 Å². The van der Waals surface area contributed by atoms with Crippen LogP contribution in [0.2, 0.25) is 10.0 Å². The monoisotopic (exact) mass is 607 g/mol. The minimum Gasteiger partial charge on any atom is -0.870 e. The number of amides is 1. The fourth-order valence-electron chi connectivity index (χ4n) is 4.35. The number of hydrogen-bond donors (Lipinski definition) is 1. The molecule has 0 aliphatic heterocycles. The second kappa shape index (κ2) is 13.1. The molecule has 1 amide bonds. The largest absolute Gasteiger partial charge is 1.00 e. The Morgan fingerprint density at radius 1 is 1.10 bits per heavy atom. The van der Waals surface area contributed by atoms with E-state index in [1.807, 2.05) is 30.3 Å². The van der Waals surface area contributed by atoms with E-state index in [0.717, 1.165) is 35.5 Å². The first-order valence-electron chi connectivity index (χ1n) is 11.9. The molecule has 0 bridgehead atoms. The molecule has 1 saturated carbocycles. The summed E-state index contributed by atoms with van der Waals surface area (Å²) in [6.07, 6.45) is 2.39. The molecule has 5 rings (SSSR count). The molecule has 202 valence electrons. The van der Waals surface area contributed by atoms with E-state index < -0.39 is 23.4 Å². The van der Waals surface area contributed by atoms with Crippen molar-refractivity contribution in [3.05, 3.63) is 93.3 Å². The number of nitrogens with zero attached hydrogens (tertiary/aromatic N) is 1. The van der Waals surface area contributed by atoms with Gasteiger partial charge in [-0.2, -0.15) is 4.37 Å². The molecule has 6 nitrogen and oxygen atoms in total. The maximum atomic E-state index is 15.4. The van der Waals surface area contributed by atoms with Crippen molar-refractivity contribution in [1.29, 1.82) is 0 Å². The van der Waals surface area contributed by atoms with Crippen LogP contribution in [0.3, 0.4) is 0 Å². The van der Waals surface area contributed by atoms with Crippen molar-refractivity contribution in [3.63, 3.8) is 0 Å². The van der Waals surface area contributed by atoms with Crippen LogP contribution < -0.4 is 34.9 Å². The first-order chi connectivity index (χ1) is 18.2. The number of aromatic nitrogens is 1. The van der Waals surface area contributed by atoms with E-state index in [1.165, 1.54) is 12.1 Å². The maximum absolute atomic E-state index is 15.4. The summed E-state index contributed by atoms with van der Waals surface area (Å²) in [5.41, 5.74) is 3.38. The molecule has 3 aromatic carbocycles. The molecule has 1 aliphatic carbocycles. The third-order valence-electron chi connectivity index (χ3n) is 6.71. The summed E-state index contributed by atoms with van der Waals surface area (Å²) in [6.45, 7) is 3.43. The predicted molar refractivity (Wildman–Crippen MR) is 151 cm³/mol. The number of halogens is 3. The molecule has 40 heavy (non-hydrogen) atoms. The van der Waals surface area contributed by atoms with Gasteiger partial charge in [-0.25, -0.2) is 9.18 Å². The summed E-state index contributed by atoms with van der Waals surface area (Å²) in [7, 11) is 0. The van der Waals surface area contributed by atoms with Gasteiger partial charge in [0.25, 0.3) is 0 Å². The van der Waals surface area contributed by atoms with Gasteiger partial charge in [-0.1, -0.05) is 84.1 Å². The molecular formula is C29H23Cl2FN2NaO4S-. The third-order valence-corrected chi connectivity index (χ3v) is 8.34. The van der Waals surface area contributed by atoms with E-state index in [-0.39, 0.29) is 40.6 Å². The summed E-state index contributed by atoms with van der Waals surface area (Å²) in [4.78, 5) is 24.4. The summed E-state index contributed by atoms with van der Waals surface area (Å²) >= 11 is 13.9. The second-order valence-corrected chi connectivity index (χ2v) is 10.8. The molecule has 0 saturated heterocycles. The number of carbonyl (C=O) groups is 1. The zero-order valence-corrected chi connectivity index (χ0v) is 26.3. The number of carbonyl (C=O) groups excluding carboxylic acids is 2. The third kappa shape index (κ3) is 6.44. The maximum Gasteiger partial charge on any atom is 1.00 e. The van der Waals surface area contributed by atoms with Crippen molar-refractivity contribution < 1.29 is 53.7 Å². The quantitative estimate of drug-likeness (QED) is 0.221. The van der Waals surface area contributed by atoms with E-state index in [4.69, 9.17) is 27.9 Å². The Labute approximate surface area is 267 Å². The van der Waals surface area contributed by atoms with E-state index in [9.17, 15) is 9.59 Å². The number of rotatable bonds is 7. The van der Waals surface area contributed by atoms with Crippen LogP contribution in [0.25, 0.3) is 21.6 Å². The van der Waals surface area contributed by atoms with E-state index in [1.54, 1.807) is 32.0 Å². The van der Waals surface area contributed by atoms with Gasteiger partial charge >= 0.3 is 35.7 Å². The van der Waals surface area contributed by atoms with Crippen molar-refractivity contribution >= 4 is 52.8 Å². The normalized spacial score (nSPS) is 13.8. The number of ether oxygens (including phenoxy) is 1. The standard InChI is InChI=1S/C29H22Cl2FN2O3S.Na.H2O/c1-16-26(33-28(36)37-17(2)20-5-3-4-6-23(20)30)27(38-34-16)22-13-24(31)21(14-25(22)32)18-7-9-19(10-8-18)29(15-35)11-12-29;;/h3-10,13-14,17H,11-12H2,1-2H3,(H,33,36);;1H2/q-1;+1;/p-1/t17-;;/m1../s1. The average molecular weight is 608 g/mol. The van der Waals surface area contributed by atoms with Gasteiger partial charge in [-0.3, -0.25) is 11.6 Å². The Balaban J connectivity index is 0.00000220. The van der Waals surface area contributed by atoms with E-state index in [0.29, 0.717) is 37.4 Å². The Kier molecular flexibility index (Phi) is 10.6. The summed E-state index contributed by atoms with van der Waals surface area (Å²) < 4.78 is 25.3. The number of nitrogens with one attached hydrogen (secondary N) is 1. The molecule has 1 heterocycles. The van der Waals surface area contributed by atoms with Crippen LogP contribution in [-0.2, 0) is 14.9 Å². The molecule has 2 N–H and O–H groups in total. The van der Waals surface area contributed by atoms with Gasteiger partial charge in [0.05, 0.1) is 16.3 Å². The van der Waals surface area contributed by atoms with E-state index in [2.05, 4.69) is 16.0 Å². The molecule has 0 radical (unpaired) electrons. The molecular weight excluding hydrogens is 585 g/mol.